The lowest BCUT2D eigenvalue weighted by molar-refractivity contribution is 0.304. The van der Waals surface area contributed by atoms with Gasteiger partial charge in [-0.1, -0.05) is 18.2 Å². The van der Waals surface area contributed by atoms with E-state index in [4.69, 9.17) is 10.5 Å². The van der Waals surface area contributed by atoms with Crippen molar-refractivity contribution in [3.8, 4) is 5.88 Å². The smallest absolute Gasteiger partial charge is 0.209 e. The first-order valence-electron chi connectivity index (χ1n) is 4.81. The van der Waals surface area contributed by atoms with Crippen molar-refractivity contribution in [2.24, 2.45) is 12.8 Å². The van der Waals surface area contributed by atoms with Crippen molar-refractivity contribution in [2.75, 3.05) is 13.2 Å². The number of benzene rings is 1. The highest BCUT2D eigenvalue weighted by Gasteiger charge is 2.12. The summed E-state index contributed by atoms with van der Waals surface area (Å²) in [5.41, 5.74) is 6.57. The van der Waals surface area contributed by atoms with E-state index < -0.39 is 0 Å². The van der Waals surface area contributed by atoms with Crippen molar-refractivity contribution >= 4 is 26.8 Å². The largest absolute Gasteiger partial charge is 0.477 e. The van der Waals surface area contributed by atoms with Crippen LogP contribution in [-0.4, -0.2) is 17.7 Å². The second-order valence-electron chi connectivity index (χ2n) is 3.33. The van der Waals surface area contributed by atoms with Gasteiger partial charge in [0.05, 0.1) is 9.99 Å². The van der Waals surface area contributed by atoms with Gasteiger partial charge < -0.3 is 15.0 Å². The summed E-state index contributed by atoms with van der Waals surface area (Å²) in [5, 5.41) is 1.16. The average Bonchev–Trinajstić information content (AvgIpc) is 2.51. The zero-order valence-corrected chi connectivity index (χ0v) is 10.1. The standard InChI is InChI=1S/C11H13BrN2O/c1-14-9-5-3-2-4-8(9)10(12)11(14)15-7-6-13/h2-5H,6-7,13H2,1H3. The van der Waals surface area contributed by atoms with Gasteiger partial charge >= 0.3 is 0 Å². The van der Waals surface area contributed by atoms with Crippen molar-refractivity contribution in [1.82, 2.24) is 4.57 Å². The molecule has 3 nitrogen and oxygen atoms in total. The van der Waals surface area contributed by atoms with E-state index in [2.05, 4.69) is 28.1 Å². The fourth-order valence-electron chi connectivity index (χ4n) is 1.64. The summed E-state index contributed by atoms with van der Waals surface area (Å²) < 4.78 is 8.61. The normalized spacial score (nSPS) is 10.9. The summed E-state index contributed by atoms with van der Waals surface area (Å²) in [6.07, 6.45) is 0. The number of halogens is 1. The molecule has 4 heteroatoms. The molecule has 2 N–H and O–H groups in total. The summed E-state index contributed by atoms with van der Waals surface area (Å²) in [6, 6.07) is 8.16. The second kappa shape index (κ2) is 4.24. The summed E-state index contributed by atoms with van der Waals surface area (Å²) >= 11 is 3.55. The van der Waals surface area contributed by atoms with Gasteiger partial charge in [-0.25, -0.2) is 0 Å². The van der Waals surface area contributed by atoms with Gasteiger partial charge in [0.25, 0.3) is 0 Å². The molecular weight excluding hydrogens is 256 g/mol. The van der Waals surface area contributed by atoms with Gasteiger partial charge in [0.1, 0.15) is 6.61 Å². The molecule has 80 valence electrons. The molecule has 1 aromatic carbocycles. The molecule has 0 unspecified atom stereocenters. The zero-order valence-electron chi connectivity index (χ0n) is 8.53. The first-order valence-corrected chi connectivity index (χ1v) is 5.60. The van der Waals surface area contributed by atoms with Gasteiger partial charge in [0.15, 0.2) is 0 Å². The monoisotopic (exact) mass is 268 g/mol. The van der Waals surface area contributed by atoms with Crippen LogP contribution >= 0.6 is 15.9 Å². The number of para-hydroxylation sites is 1. The molecule has 2 aromatic rings. The van der Waals surface area contributed by atoms with Crippen LogP contribution < -0.4 is 10.5 Å². The lowest BCUT2D eigenvalue weighted by Gasteiger charge is -2.06. The second-order valence-corrected chi connectivity index (χ2v) is 4.13. The lowest BCUT2D eigenvalue weighted by Crippen LogP contribution is -2.12. The molecule has 1 heterocycles. The van der Waals surface area contributed by atoms with Gasteiger partial charge in [-0.3, -0.25) is 0 Å². The summed E-state index contributed by atoms with van der Waals surface area (Å²) in [4.78, 5) is 0. The number of aryl methyl sites for hydroxylation is 1. The van der Waals surface area contributed by atoms with E-state index in [-0.39, 0.29) is 0 Å². The van der Waals surface area contributed by atoms with Crippen molar-refractivity contribution in [3.05, 3.63) is 28.7 Å². The highest BCUT2D eigenvalue weighted by Crippen LogP contribution is 2.35. The van der Waals surface area contributed by atoms with Crippen LogP contribution in [0.1, 0.15) is 0 Å². The maximum atomic E-state index is 5.59. The first kappa shape index (κ1) is 10.5. The third-order valence-corrected chi connectivity index (χ3v) is 3.12. The number of aromatic nitrogens is 1. The number of hydrogen-bond acceptors (Lipinski definition) is 2. The Bertz CT molecular complexity index is 440. The molecule has 0 spiro atoms. The average molecular weight is 269 g/mol. The molecular formula is C11H13BrN2O. The number of rotatable bonds is 3. The van der Waals surface area contributed by atoms with Crippen molar-refractivity contribution in [2.45, 2.75) is 0 Å². The fraction of sp³-hybridized carbons (Fsp3) is 0.273. The van der Waals surface area contributed by atoms with Crippen LogP contribution in [-0.2, 0) is 7.05 Å². The summed E-state index contributed by atoms with van der Waals surface area (Å²) in [7, 11) is 1.99. The van der Waals surface area contributed by atoms with Gasteiger partial charge in [-0.05, 0) is 22.0 Å². The van der Waals surface area contributed by atoms with E-state index in [1.807, 2.05) is 23.7 Å². The number of nitrogens with two attached hydrogens (primary N) is 1. The zero-order chi connectivity index (χ0) is 10.8. The Morgan fingerprint density at radius 1 is 1.40 bits per heavy atom. The minimum Gasteiger partial charge on any atom is -0.477 e. The third-order valence-electron chi connectivity index (χ3n) is 2.35. The van der Waals surface area contributed by atoms with E-state index in [1.54, 1.807) is 0 Å². The molecule has 2 rings (SSSR count). The maximum absolute atomic E-state index is 5.59. The Morgan fingerprint density at radius 2 is 2.13 bits per heavy atom. The Morgan fingerprint density at radius 3 is 2.80 bits per heavy atom. The fourth-order valence-corrected chi connectivity index (χ4v) is 2.36. The molecule has 0 fully saturated rings. The van der Waals surface area contributed by atoms with Crippen molar-refractivity contribution in [3.63, 3.8) is 0 Å². The minimum atomic E-state index is 0.522. The quantitative estimate of drug-likeness (QED) is 0.928. The number of fused-ring (bicyclic) bond motifs is 1. The Kier molecular flexibility index (Phi) is 2.98. The molecule has 0 radical (unpaired) electrons. The molecule has 0 bridgehead atoms. The van der Waals surface area contributed by atoms with Crippen LogP contribution in [0.2, 0.25) is 0 Å². The molecule has 0 saturated heterocycles. The number of ether oxygens (including phenoxy) is 1. The maximum Gasteiger partial charge on any atom is 0.209 e. The van der Waals surface area contributed by atoms with Gasteiger partial charge in [-0.2, -0.15) is 0 Å². The van der Waals surface area contributed by atoms with Crippen molar-refractivity contribution in [1.29, 1.82) is 0 Å². The third kappa shape index (κ3) is 1.75. The van der Waals surface area contributed by atoms with Crippen LogP contribution in [0, 0.1) is 0 Å². The van der Waals surface area contributed by atoms with Gasteiger partial charge in [-0.15, -0.1) is 0 Å². The molecule has 0 atom stereocenters. The van der Waals surface area contributed by atoms with E-state index in [0.717, 1.165) is 21.3 Å². The van der Waals surface area contributed by atoms with E-state index in [1.165, 1.54) is 0 Å². The predicted molar refractivity (Wildman–Crippen MR) is 65.2 cm³/mol. The predicted octanol–water partition coefficient (Wildman–Crippen LogP) is 2.28. The van der Waals surface area contributed by atoms with Gasteiger partial charge in [0.2, 0.25) is 5.88 Å². The topological polar surface area (TPSA) is 40.2 Å². The molecule has 0 aliphatic carbocycles. The minimum absolute atomic E-state index is 0.522. The molecule has 0 saturated carbocycles. The van der Waals surface area contributed by atoms with Gasteiger partial charge in [0, 0.05) is 19.0 Å². The van der Waals surface area contributed by atoms with Crippen LogP contribution in [0.5, 0.6) is 5.88 Å². The Balaban J connectivity index is 2.54. The molecule has 0 amide bonds. The van der Waals surface area contributed by atoms with Crippen LogP contribution in [0.4, 0.5) is 0 Å². The first-order chi connectivity index (χ1) is 7.25. The van der Waals surface area contributed by atoms with Crippen LogP contribution in [0.3, 0.4) is 0 Å². The van der Waals surface area contributed by atoms with E-state index >= 15 is 0 Å². The Labute approximate surface area is 96.9 Å². The Hall–Kier alpha value is -1.00. The number of hydrogen-bond donors (Lipinski definition) is 1. The summed E-state index contributed by atoms with van der Waals surface area (Å²) in [5.74, 6) is 0.835. The van der Waals surface area contributed by atoms with Crippen LogP contribution in [0.15, 0.2) is 28.7 Å². The van der Waals surface area contributed by atoms with E-state index in [9.17, 15) is 0 Å². The highest BCUT2D eigenvalue weighted by molar-refractivity contribution is 9.10. The van der Waals surface area contributed by atoms with E-state index in [0.29, 0.717) is 13.2 Å². The molecule has 15 heavy (non-hydrogen) atoms. The highest BCUT2D eigenvalue weighted by atomic mass is 79.9. The van der Waals surface area contributed by atoms with Crippen molar-refractivity contribution < 1.29 is 4.74 Å². The molecule has 0 aliphatic rings. The number of nitrogens with zero attached hydrogens (tertiary/aromatic N) is 1. The molecule has 1 aromatic heterocycles. The SMILES string of the molecule is Cn1c(OCCN)c(Br)c2ccccc21. The molecule has 0 aliphatic heterocycles. The van der Waals surface area contributed by atoms with Crippen LogP contribution in [0.25, 0.3) is 10.9 Å². The lowest BCUT2D eigenvalue weighted by atomic mass is 10.2. The summed E-state index contributed by atoms with van der Waals surface area (Å²) in [6.45, 7) is 1.05.